The molecule has 1 aliphatic rings. The van der Waals surface area contributed by atoms with Gasteiger partial charge in [0.25, 0.3) is 5.91 Å². The average molecular weight is 572 g/mol. The molecule has 7 nitrogen and oxygen atoms in total. The summed E-state index contributed by atoms with van der Waals surface area (Å²) >= 11 is 4.64. The van der Waals surface area contributed by atoms with Crippen LogP contribution in [0.15, 0.2) is 59.1 Å². The van der Waals surface area contributed by atoms with Crippen LogP contribution in [0.2, 0.25) is 0 Å². The van der Waals surface area contributed by atoms with Gasteiger partial charge in [-0.1, -0.05) is 49.6 Å². The molecule has 3 aromatic rings. The van der Waals surface area contributed by atoms with E-state index in [1.54, 1.807) is 0 Å². The van der Waals surface area contributed by atoms with Gasteiger partial charge in [0.1, 0.15) is 0 Å². The van der Waals surface area contributed by atoms with Crippen molar-refractivity contribution in [3.8, 4) is 16.2 Å². The number of amides is 1. The lowest BCUT2D eigenvalue weighted by atomic mass is 9.93. The van der Waals surface area contributed by atoms with Gasteiger partial charge in [-0.15, -0.1) is 11.3 Å². The van der Waals surface area contributed by atoms with E-state index in [2.05, 4.69) is 15.9 Å². The molecule has 1 heterocycles. The number of ether oxygens (including phenoxy) is 2. The van der Waals surface area contributed by atoms with Gasteiger partial charge in [0.2, 0.25) is 0 Å². The SMILES string of the molecule is COC(=O)c1sc(-c2cccc(N(C(=O)c3ccccc3)C3CCCCC3)c2)c(Br)c1OCC(=O)O. The summed E-state index contributed by atoms with van der Waals surface area (Å²) in [4.78, 5) is 39.9. The zero-order valence-electron chi connectivity index (χ0n) is 19.7. The zero-order chi connectivity index (χ0) is 25.7. The fourth-order valence-corrected chi connectivity index (χ4v) is 6.39. The molecule has 0 radical (unpaired) electrons. The minimum Gasteiger partial charge on any atom is -0.479 e. The second-order valence-electron chi connectivity index (χ2n) is 8.46. The number of methoxy groups -OCH3 is 1. The van der Waals surface area contributed by atoms with E-state index in [9.17, 15) is 14.4 Å². The molecule has 0 saturated heterocycles. The van der Waals surface area contributed by atoms with Crippen LogP contribution in [0.1, 0.15) is 52.1 Å². The molecule has 9 heteroatoms. The Morgan fingerprint density at radius 1 is 1.06 bits per heavy atom. The first kappa shape index (κ1) is 25.9. The molecule has 1 aliphatic carbocycles. The number of thiophene rings is 1. The van der Waals surface area contributed by atoms with Gasteiger partial charge in [0.05, 0.1) is 16.5 Å². The third kappa shape index (κ3) is 5.63. The lowest BCUT2D eigenvalue weighted by Crippen LogP contribution is -2.41. The highest BCUT2D eigenvalue weighted by molar-refractivity contribution is 9.10. The smallest absolute Gasteiger partial charge is 0.351 e. The third-order valence-electron chi connectivity index (χ3n) is 6.09. The number of nitrogens with zero attached hydrogens (tertiary/aromatic N) is 1. The Morgan fingerprint density at radius 3 is 2.44 bits per heavy atom. The van der Waals surface area contributed by atoms with Crippen LogP contribution in [0.5, 0.6) is 5.75 Å². The van der Waals surface area contributed by atoms with E-state index in [1.165, 1.54) is 13.5 Å². The van der Waals surface area contributed by atoms with Crippen LogP contribution >= 0.6 is 27.3 Å². The summed E-state index contributed by atoms with van der Waals surface area (Å²) in [7, 11) is 1.26. The van der Waals surface area contributed by atoms with Crippen molar-refractivity contribution in [1.82, 2.24) is 0 Å². The Bertz CT molecular complexity index is 1250. The normalized spacial score (nSPS) is 13.7. The van der Waals surface area contributed by atoms with E-state index in [0.717, 1.165) is 48.3 Å². The summed E-state index contributed by atoms with van der Waals surface area (Å²) < 4.78 is 10.8. The molecule has 188 valence electrons. The first-order valence-corrected chi connectivity index (χ1v) is 13.3. The molecule has 0 bridgehead atoms. The quantitative estimate of drug-likeness (QED) is 0.314. The summed E-state index contributed by atoms with van der Waals surface area (Å²) in [6, 6.07) is 17.0. The zero-order valence-corrected chi connectivity index (χ0v) is 22.1. The number of halogens is 1. The molecule has 0 spiro atoms. The molecular formula is C27H26BrNO6S. The number of carbonyl (C=O) groups excluding carboxylic acids is 2. The number of anilines is 1. The summed E-state index contributed by atoms with van der Waals surface area (Å²) in [5.41, 5.74) is 2.16. The lowest BCUT2D eigenvalue weighted by molar-refractivity contribution is -0.139. The van der Waals surface area contributed by atoms with Gasteiger partial charge in [0, 0.05) is 17.3 Å². The van der Waals surface area contributed by atoms with Crippen molar-refractivity contribution < 1.29 is 29.0 Å². The van der Waals surface area contributed by atoms with Crippen molar-refractivity contribution in [1.29, 1.82) is 0 Å². The number of benzene rings is 2. The van der Waals surface area contributed by atoms with E-state index >= 15 is 0 Å². The molecule has 0 aliphatic heterocycles. The number of hydrogen-bond acceptors (Lipinski definition) is 6. The van der Waals surface area contributed by atoms with Gasteiger partial charge in [0.15, 0.2) is 17.2 Å². The van der Waals surface area contributed by atoms with Crippen LogP contribution in [0.25, 0.3) is 10.4 Å². The highest BCUT2D eigenvalue weighted by Gasteiger charge is 2.29. The lowest BCUT2D eigenvalue weighted by Gasteiger charge is -2.34. The standard InChI is InChI=1S/C27H26BrNO6S/c1-34-27(33)25-23(35-16-21(30)31)22(28)24(36-25)18-11-8-14-20(15-18)29(19-12-6-3-7-13-19)26(32)17-9-4-2-5-10-17/h2,4-5,8-11,14-15,19H,3,6-7,12-13,16H2,1H3,(H,30,31). The Hall–Kier alpha value is -3.17. The fourth-order valence-electron chi connectivity index (χ4n) is 4.42. The van der Waals surface area contributed by atoms with E-state index in [1.807, 2.05) is 59.5 Å². The molecule has 1 saturated carbocycles. The number of aliphatic carboxylic acids is 1. The number of esters is 1. The molecule has 36 heavy (non-hydrogen) atoms. The van der Waals surface area contributed by atoms with Gasteiger partial charge in [-0.25, -0.2) is 9.59 Å². The van der Waals surface area contributed by atoms with Crippen LogP contribution < -0.4 is 9.64 Å². The maximum absolute atomic E-state index is 13.7. The average Bonchev–Trinajstić information content (AvgIpc) is 3.24. The minimum absolute atomic E-state index is 0.0503. The molecule has 1 aromatic heterocycles. The maximum Gasteiger partial charge on any atom is 0.351 e. The van der Waals surface area contributed by atoms with Gasteiger partial charge in [-0.3, -0.25) is 4.79 Å². The number of rotatable bonds is 8. The second-order valence-corrected chi connectivity index (χ2v) is 10.3. The number of carboxylic acids is 1. The van der Waals surface area contributed by atoms with Crippen LogP contribution in [0, 0.1) is 0 Å². The largest absolute Gasteiger partial charge is 0.479 e. The molecule has 0 unspecified atom stereocenters. The van der Waals surface area contributed by atoms with Crippen molar-refractivity contribution in [2.45, 2.75) is 38.1 Å². The molecule has 1 fully saturated rings. The van der Waals surface area contributed by atoms with E-state index in [4.69, 9.17) is 14.6 Å². The fraction of sp³-hybridized carbons (Fsp3) is 0.296. The summed E-state index contributed by atoms with van der Waals surface area (Å²) in [5, 5.41) is 9.05. The Labute approximate surface area is 221 Å². The first-order chi connectivity index (χ1) is 17.4. The van der Waals surface area contributed by atoms with Gasteiger partial charge in [-0.2, -0.15) is 0 Å². The topological polar surface area (TPSA) is 93.1 Å². The number of carboxylic acid groups (broad SMARTS) is 1. The summed E-state index contributed by atoms with van der Waals surface area (Å²) in [6.45, 7) is -0.597. The van der Waals surface area contributed by atoms with Gasteiger partial charge in [-0.05, 0) is 58.6 Å². The van der Waals surface area contributed by atoms with E-state index < -0.39 is 18.5 Å². The molecule has 1 N–H and O–H groups in total. The highest BCUT2D eigenvalue weighted by Crippen LogP contribution is 2.46. The van der Waals surface area contributed by atoms with Crippen molar-refractivity contribution >= 4 is 50.8 Å². The molecule has 4 rings (SSSR count). The third-order valence-corrected chi connectivity index (χ3v) is 8.30. The van der Waals surface area contributed by atoms with E-state index in [-0.39, 0.29) is 22.6 Å². The van der Waals surface area contributed by atoms with E-state index in [0.29, 0.717) is 14.9 Å². The monoisotopic (exact) mass is 571 g/mol. The Balaban J connectivity index is 1.76. The first-order valence-electron chi connectivity index (χ1n) is 11.6. The predicted octanol–water partition coefficient (Wildman–Crippen LogP) is 6.41. The van der Waals surface area contributed by atoms with Crippen LogP contribution in [-0.2, 0) is 9.53 Å². The number of carbonyl (C=O) groups is 3. The van der Waals surface area contributed by atoms with Gasteiger partial charge >= 0.3 is 11.9 Å². The number of hydrogen-bond donors (Lipinski definition) is 1. The predicted molar refractivity (Wildman–Crippen MR) is 142 cm³/mol. The minimum atomic E-state index is -1.16. The highest BCUT2D eigenvalue weighted by atomic mass is 79.9. The van der Waals surface area contributed by atoms with Crippen LogP contribution in [-0.4, -0.2) is 42.7 Å². The van der Waals surface area contributed by atoms with Crippen LogP contribution in [0.4, 0.5) is 5.69 Å². The Kier molecular flexibility index (Phi) is 8.43. The molecule has 1 amide bonds. The second kappa shape index (κ2) is 11.7. The molecule has 2 aromatic carbocycles. The molecular weight excluding hydrogens is 546 g/mol. The van der Waals surface area contributed by atoms with Crippen molar-refractivity contribution in [2.24, 2.45) is 0 Å². The van der Waals surface area contributed by atoms with Crippen molar-refractivity contribution in [2.75, 3.05) is 18.6 Å². The summed E-state index contributed by atoms with van der Waals surface area (Å²) in [6.07, 6.45) is 5.19. The molecule has 0 atom stereocenters. The van der Waals surface area contributed by atoms with Crippen LogP contribution in [0.3, 0.4) is 0 Å². The van der Waals surface area contributed by atoms with Gasteiger partial charge < -0.3 is 19.5 Å². The Morgan fingerprint density at radius 2 is 1.78 bits per heavy atom. The van der Waals surface area contributed by atoms with Crippen molar-refractivity contribution in [3.63, 3.8) is 0 Å². The summed E-state index contributed by atoms with van der Waals surface area (Å²) in [5.74, 6) is -1.70. The maximum atomic E-state index is 13.7. The van der Waals surface area contributed by atoms with Crippen molar-refractivity contribution in [3.05, 3.63) is 69.5 Å².